The summed E-state index contributed by atoms with van der Waals surface area (Å²) in [6.45, 7) is 2.37. The lowest BCUT2D eigenvalue weighted by Gasteiger charge is -2.13. The first-order valence-corrected chi connectivity index (χ1v) is 14.0. The van der Waals surface area contributed by atoms with E-state index in [2.05, 4.69) is 19.7 Å². The number of benzene rings is 3. The second-order valence-electron chi connectivity index (χ2n) is 8.58. The monoisotopic (exact) mass is 595 g/mol. The standard InChI is InChI=1S/C21H15ClFN5O2S.C7H8OS/c22-14-8-12(27-21-19-16(24-11-25-21)4-5-28(19)6-7-29)9-15(23)20(14)30-17-2-1-3-18-13(17)10-26-31-18;1-6-2-4-7(9-8)5-3-6/h1-5,8-11,29H,6-7H2,(H,24,25,27);2-5,8H,1H3. The molecule has 0 amide bonds. The summed E-state index contributed by atoms with van der Waals surface area (Å²) in [6.07, 6.45) is 4.91. The molecule has 0 bridgehead atoms. The molecule has 0 fully saturated rings. The van der Waals surface area contributed by atoms with Gasteiger partial charge in [-0.2, -0.15) is 4.37 Å². The van der Waals surface area contributed by atoms with Crippen LogP contribution in [0.1, 0.15) is 5.56 Å². The van der Waals surface area contributed by atoms with Crippen molar-refractivity contribution >= 4 is 67.8 Å². The average Bonchev–Trinajstić information content (AvgIpc) is 3.60. The summed E-state index contributed by atoms with van der Waals surface area (Å²) < 4.78 is 36.2. The molecule has 6 rings (SSSR count). The van der Waals surface area contributed by atoms with Gasteiger partial charge in [0.2, 0.25) is 0 Å². The zero-order valence-electron chi connectivity index (χ0n) is 21.1. The van der Waals surface area contributed by atoms with Gasteiger partial charge in [-0.15, -0.1) is 0 Å². The van der Waals surface area contributed by atoms with E-state index in [0.29, 0.717) is 34.8 Å². The average molecular weight is 596 g/mol. The molecule has 3 heterocycles. The van der Waals surface area contributed by atoms with Gasteiger partial charge < -0.3 is 24.3 Å². The number of aliphatic hydroxyl groups excluding tert-OH is 1. The molecule has 3 aromatic carbocycles. The molecule has 0 unspecified atom stereocenters. The van der Waals surface area contributed by atoms with Crippen LogP contribution in [-0.2, 0) is 6.54 Å². The number of fused-ring (bicyclic) bond motifs is 2. The smallest absolute Gasteiger partial charge is 0.181 e. The molecular formula is C28H23ClFN5O3S2. The van der Waals surface area contributed by atoms with E-state index in [4.69, 9.17) is 20.9 Å². The van der Waals surface area contributed by atoms with Crippen molar-refractivity contribution in [2.45, 2.75) is 18.4 Å². The molecule has 12 heteroatoms. The molecule has 3 aromatic heterocycles. The number of aliphatic hydroxyl groups is 1. The molecule has 0 spiro atoms. The van der Waals surface area contributed by atoms with Crippen molar-refractivity contribution < 1.29 is 18.8 Å². The van der Waals surface area contributed by atoms with Gasteiger partial charge in [0.1, 0.15) is 17.6 Å². The summed E-state index contributed by atoms with van der Waals surface area (Å²) in [5.41, 5.74) is 3.02. The first-order valence-electron chi connectivity index (χ1n) is 12.0. The van der Waals surface area contributed by atoms with Gasteiger partial charge >= 0.3 is 0 Å². The number of hydrogen-bond donors (Lipinski definition) is 3. The fourth-order valence-corrected chi connectivity index (χ4v) is 5.12. The Balaban J connectivity index is 0.000000306. The normalized spacial score (nSPS) is 10.9. The van der Waals surface area contributed by atoms with Crippen molar-refractivity contribution in [1.29, 1.82) is 0 Å². The summed E-state index contributed by atoms with van der Waals surface area (Å²) in [4.78, 5) is 9.38. The number of anilines is 2. The maximum Gasteiger partial charge on any atom is 0.181 e. The highest BCUT2D eigenvalue weighted by Gasteiger charge is 2.16. The van der Waals surface area contributed by atoms with Gasteiger partial charge in [-0.3, -0.25) is 0 Å². The zero-order valence-corrected chi connectivity index (χ0v) is 23.5. The number of aromatic nitrogens is 4. The second kappa shape index (κ2) is 12.6. The molecule has 40 heavy (non-hydrogen) atoms. The van der Waals surface area contributed by atoms with Crippen molar-refractivity contribution in [3.8, 4) is 11.5 Å². The van der Waals surface area contributed by atoms with E-state index in [1.165, 1.54) is 29.5 Å². The number of aryl methyl sites for hydroxylation is 1. The SMILES string of the molecule is Cc1ccc(SO)cc1.OCCn1ccc2ncnc(Nc3cc(F)c(Oc4cccc5sncc45)c(Cl)c3)c21. The molecule has 0 aliphatic rings. The van der Waals surface area contributed by atoms with Gasteiger partial charge in [-0.05, 0) is 54.9 Å². The van der Waals surface area contributed by atoms with Gasteiger partial charge in [-0.1, -0.05) is 35.4 Å². The van der Waals surface area contributed by atoms with E-state index in [1.807, 2.05) is 60.2 Å². The highest BCUT2D eigenvalue weighted by atomic mass is 35.5. The Hall–Kier alpha value is -3.74. The van der Waals surface area contributed by atoms with Crippen LogP contribution in [0.25, 0.3) is 21.1 Å². The maximum atomic E-state index is 14.9. The van der Waals surface area contributed by atoms with Crippen LogP contribution in [0.15, 0.2) is 84.3 Å². The summed E-state index contributed by atoms with van der Waals surface area (Å²) in [5.74, 6) is 0.266. The molecule has 0 radical (unpaired) electrons. The third kappa shape index (κ3) is 6.19. The zero-order chi connectivity index (χ0) is 28.1. The lowest BCUT2D eigenvalue weighted by Crippen LogP contribution is -2.04. The number of nitrogens with zero attached hydrogens (tertiary/aromatic N) is 4. The molecule has 204 valence electrons. The van der Waals surface area contributed by atoms with Crippen LogP contribution in [0.2, 0.25) is 5.02 Å². The third-order valence-corrected chi connectivity index (χ3v) is 7.38. The van der Waals surface area contributed by atoms with Crippen molar-refractivity contribution in [1.82, 2.24) is 18.9 Å². The minimum absolute atomic E-state index is 0.0307. The van der Waals surface area contributed by atoms with E-state index >= 15 is 0 Å². The number of nitrogens with one attached hydrogen (secondary N) is 1. The molecule has 0 aliphatic heterocycles. The maximum absolute atomic E-state index is 14.9. The minimum atomic E-state index is -0.619. The minimum Gasteiger partial charge on any atom is -0.452 e. The van der Waals surface area contributed by atoms with Gasteiger partial charge in [0.05, 0.1) is 33.4 Å². The molecule has 0 atom stereocenters. The number of ether oxygens (including phenoxy) is 1. The van der Waals surface area contributed by atoms with E-state index in [0.717, 1.165) is 27.0 Å². The first-order chi connectivity index (χ1) is 19.5. The number of hydrogen-bond acceptors (Lipinski definition) is 9. The summed E-state index contributed by atoms with van der Waals surface area (Å²) in [6, 6.07) is 17.9. The quantitative estimate of drug-likeness (QED) is 0.160. The molecule has 0 saturated heterocycles. The summed E-state index contributed by atoms with van der Waals surface area (Å²) in [7, 11) is 0. The molecule has 6 aromatic rings. The fraction of sp³-hybridized carbons (Fsp3) is 0.107. The first kappa shape index (κ1) is 27.8. The van der Waals surface area contributed by atoms with Crippen molar-refractivity contribution in [3.63, 3.8) is 0 Å². The largest absolute Gasteiger partial charge is 0.452 e. The van der Waals surface area contributed by atoms with Crippen LogP contribution >= 0.6 is 35.2 Å². The van der Waals surface area contributed by atoms with Gasteiger partial charge in [0, 0.05) is 41.4 Å². The predicted molar refractivity (Wildman–Crippen MR) is 159 cm³/mol. The van der Waals surface area contributed by atoms with Crippen molar-refractivity contribution in [2.24, 2.45) is 0 Å². The molecule has 3 N–H and O–H groups in total. The van der Waals surface area contributed by atoms with E-state index in [-0.39, 0.29) is 17.4 Å². The number of halogens is 2. The van der Waals surface area contributed by atoms with Gasteiger partial charge in [0.25, 0.3) is 0 Å². The van der Waals surface area contributed by atoms with Crippen LogP contribution < -0.4 is 10.1 Å². The van der Waals surface area contributed by atoms with Gasteiger partial charge in [-0.25, -0.2) is 14.4 Å². The van der Waals surface area contributed by atoms with E-state index < -0.39 is 5.82 Å². The molecule has 0 aliphatic carbocycles. The highest BCUT2D eigenvalue weighted by molar-refractivity contribution is 7.93. The Morgan fingerprint density at radius 3 is 2.70 bits per heavy atom. The Kier molecular flexibility index (Phi) is 8.78. The lowest BCUT2D eigenvalue weighted by molar-refractivity contribution is 0.278. The summed E-state index contributed by atoms with van der Waals surface area (Å²) in [5, 5.41) is 13.3. The summed E-state index contributed by atoms with van der Waals surface area (Å²) >= 11 is 8.48. The van der Waals surface area contributed by atoms with E-state index in [1.54, 1.807) is 18.3 Å². The Morgan fingerprint density at radius 2 is 1.95 bits per heavy atom. The third-order valence-electron chi connectivity index (χ3n) is 5.85. The molecular weight excluding hydrogens is 573 g/mol. The van der Waals surface area contributed by atoms with Crippen molar-refractivity contribution in [3.05, 3.63) is 95.8 Å². The van der Waals surface area contributed by atoms with Crippen LogP contribution in [0.3, 0.4) is 0 Å². The topological polar surface area (TPSA) is 105 Å². The van der Waals surface area contributed by atoms with Crippen molar-refractivity contribution in [2.75, 3.05) is 11.9 Å². The van der Waals surface area contributed by atoms with Crippen LogP contribution in [0.5, 0.6) is 11.5 Å². The second-order valence-corrected chi connectivity index (χ2v) is 10.5. The number of rotatable bonds is 7. The Labute approximate surface area is 242 Å². The Morgan fingerprint density at radius 1 is 1.12 bits per heavy atom. The van der Waals surface area contributed by atoms with Crippen LogP contribution in [0.4, 0.5) is 15.9 Å². The predicted octanol–water partition coefficient (Wildman–Crippen LogP) is 7.92. The Bertz CT molecular complexity index is 1740. The lowest BCUT2D eigenvalue weighted by atomic mass is 10.2. The molecule has 0 saturated carbocycles. The fourth-order valence-electron chi connectivity index (χ4n) is 3.95. The van der Waals surface area contributed by atoms with Crippen LogP contribution in [-0.4, -0.2) is 35.2 Å². The molecule has 8 nitrogen and oxygen atoms in total. The highest BCUT2D eigenvalue weighted by Crippen LogP contribution is 2.38. The van der Waals surface area contributed by atoms with Crippen LogP contribution in [0, 0.1) is 12.7 Å². The van der Waals surface area contributed by atoms with E-state index in [9.17, 15) is 9.50 Å². The van der Waals surface area contributed by atoms with Gasteiger partial charge in [0.15, 0.2) is 17.4 Å².